The SMILES string of the molecule is CC(C)(C)OC(=O)NC(Cc1c[nH]c2ccccc12)C(=O)NCCc1ccccc1. The van der Waals surface area contributed by atoms with E-state index in [9.17, 15) is 9.59 Å². The normalized spacial score (nSPS) is 12.4. The molecule has 0 aliphatic rings. The first-order valence-electron chi connectivity index (χ1n) is 10.2. The molecule has 2 amide bonds. The van der Waals surface area contributed by atoms with Crippen LogP contribution < -0.4 is 10.6 Å². The van der Waals surface area contributed by atoms with Gasteiger partial charge in [0.25, 0.3) is 0 Å². The monoisotopic (exact) mass is 407 g/mol. The fourth-order valence-electron chi connectivity index (χ4n) is 3.28. The first-order chi connectivity index (χ1) is 14.3. The number of hydrogen-bond acceptors (Lipinski definition) is 3. The Morgan fingerprint density at radius 1 is 1.03 bits per heavy atom. The maximum absolute atomic E-state index is 12.9. The van der Waals surface area contributed by atoms with Crippen molar-refractivity contribution in [3.63, 3.8) is 0 Å². The number of H-pyrrole nitrogens is 1. The smallest absolute Gasteiger partial charge is 0.408 e. The van der Waals surface area contributed by atoms with Crippen LogP contribution in [-0.4, -0.2) is 35.2 Å². The van der Waals surface area contributed by atoms with Crippen molar-refractivity contribution in [3.05, 3.63) is 71.9 Å². The number of ether oxygens (including phenoxy) is 1. The van der Waals surface area contributed by atoms with Gasteiger partial charge in [0, 0.05) is 30.1 Å². The van der Waals surface area contributed by atoms with Gasteiger partial charge in [-0.05, 0) is 44.4 Å². The molecule has 0 bridgehead atoms. The molecule has 1 unspecified atom stereocenters. The third kappa shape index (κ3) is 6.11. The lowest BCUT2D eigenvalue weighted by Crippen LogP contribution is -2.49. The molecular formula is C24H29N3O3. The Balaban J connectivity index is 1.69. The minimum Gasteiger partial charge on any atom is -0.444 e. The van der Waals surface area contributed by atoms with E-state index >= 15 is 0 Å². The van der Waals surface area contributed by atoms with Gasteiger partial charge in [-0.3, -0.25) is 4.79 Å². The predicted molar refractivity (Wildman–Crippen MR) is 118 cm³/mol. The molecule has 158 valence electrons. The Morgan fingerprint density at radius 2 is 1.73 bits per heavy atom. The second kappa shape index (κ2) is 9.48. The average molecular weight is 408 g/mol. The van der Waals surface area contributed by atoms with E-state index < -0.39 is 17.7 Å². The lowest BCUT2D eigenvalue weighted by Gasteiger charge is -2.23. The number of carbonyl (C=O) groups excluding carboxylic acids is 2. The molecule has 1 heterocycles. The zero-order valence-electron chi connectivity index (χ0n) is 17.7. The maximum Gasteiger partial charge on any atom is 0.408 e. The maximum atomic E-state index is 12.9. The van der Waals surface area contributed by atoms with Gasteiger partial charge < -0.3 is 20.4 Å². The quantitative estimate of drug-likeness (QED) is 0.554. The van der Waals surface area contributed by atoms with Crippen molar-refractivity contribution in [1.82, 2.24) is 15.6 Å². The van der Waals surface area contributed by atoms with Gasteiger partial charge in [0.2, 0.25) is 5.91 Å². The number of fused-ring (bicyclic) bond motifs is 1. The number of hydrogen-bond donors (Lipinski definition) is 3. The fourth-order valence-corrected chi connectivity index (χ4v) is 3.28. The summed E-state index contributed by atoms with van der Waals surface area (Å²) in [4.78, 5) is 28.5. The van der Waals surface area contributed by atoms with Gasteiger partial charge in [0.15, 0.2) is 0 Å². The number of aromatic amines is 1. The molecule has 0 saturated carbocycles. The third-order valence-corrected chi connectivity index (χ3v) is 4.66. The van der Waals surface area contributed by atoms with E-state index in [1.165, 1.54) is 0 Å². The van der Waals surface area contributed by atoms with E-state index in [4.69, 9.17) is 4.74 Å². The van der Waals surface area contributed by atoms with Gasteiger partial charge in [-0.25, -0.2) is 4.79 Å². The van der Waals surface area contributed by atoms with E-state index in [1.54, 1.807) is 20.8 Å². The number of aromatic nitrogens is 1. The van der Waals surface area contributed by atoms with Gasteiger partial charge in [-0.1, -0.05) is 48.5 Å². The van der Waals surface area contributed by atoms with E-state index in [0.29, 0.717) is 13.0 Å². The molecule has 1 atom stereocenters. The Bertz CT molecular complexity index is 990. The molecule has 3 rings (SSSR count). The summed E-state index contributed by atoms with van der Waals surface area (Å²) in [5.41, 5.74) is 2.46. The van der Waals surface area contributed by atoms with Gasteiger partial charge in [0.1, 0.15) is 11.6 Å². The number of amides is 2. The lowest BCUT2D eigenvalue weighted by atomic mass is 10.0. The number of rotatable bonds is 7. The van der Waals surface area contributed by atoms with Crippen molar-refractivity contribution in [2.75, 3.05) is 6.54 Å². The Labute approximate surface area is 177 Å². The second-order valence-corrected chi connectivity index (χ2v) is 8.29. The summed E-state index contributed by atoms with van der Waals surface area (Å²) in [6, 6.07) is 17.1. The average Bonchev–Trinajstić information content (AvgIpc) is 3.10. The standard InChI is InChI=1S/C24H29N3O3/c1-24(2,3)30-23(29)27-21(15-18-16-26-20-12-8-7-11-19(18)20)22(28)25-14-13-17-9-5-4-6-10-17/h4-12,16,21,26H,13-15H2,1-3H3,(H,25,28)(H,27,29). The summed E-state index contributed by atoms with van der Waals surface area (Å²) in [5, 5.41) is 6.71. The number of alkyl carbamates (subject to hydrolysis) is 1. The van der Waals surface area contributed by atoms with E-state index in [-0.39, 0.29) is 5.91 Å². The summed E-state index contributed by atoms with van der Waals surface area (Å²) in [6.07, 6.45) is 2.36. The molecule has 0 aliphatic carbocycles. The van der Waals surface area contributed by atoms with Crippen molar-refractivity contribution in [2.45, 2.75) is 45.3 Å². The highest BCUT2D eigenvalue weighted by molar-refractivity contribution is 5.88. The molecule has 0 fully saturated rings. The van der Waals surface area contributed by atoms with Gasteiger partial charge >= 0.3 is 6.09 Å². The van der Waals surface area contributed by atoms with Crippen LogP contribution in [0, 0.1) is 0 Å². The minimum absolute atomic E-state index is 0.234. The van der Waals surface area contributed by atoms with Crippen LogP contribution in [-0.2, 0) is 22.4 Å². The van der Waals surface area contributed by atoms with E-state index in [0.717, 1.165) is 28.5 Å². The molecule has 6 heteroatoms. The number of carbonyl (C=O) groups is 2. The first-order valence-corrected chi connectivity index (χ1v) is 10.2. The van der Waals surface area contributed by atoms with Crippen molar-refractivity contribution in [1.29, 1.82) is 0 Å². The molecule has 0 radical (unpaired) electrons. The Morgan fingerprint density at radius 3 is 2.47 bits per heavy atom. The van der Waals surface area contributed by atoms with E-state index in [2.05, 4.69) is 15.6 Å². The molecule has 0 aliphatic heterocycles. The second-order valence-electron chi connectivity index (χ2n) is 8.29. The topological polar surface area (TPSA) is 83.2 Å². The van der Waals surface area contributed by atoms with Crippen molar-refractivity contribution in [3.8, 4) is 0 Å². The van der Waals surface area contributed by atoms with Crippen LogP contribution in [0.25, 0.3) is 10.9 Å². The van der Waals surface area contributed by atoms with Gasteiger partial charge in [0.05, 0.1) is 0 Å². The van der Waals surface area contributed by atoms with Crippen LogP contribution in [0.5, 0.6) is 0 Å². The lowest BCUT2D eigenvalue weighted by molar-refractivity contribution is -0.123. The summed E-state index contributed by atoms with van der Waals surface area (Å²) in [5.74, 6) is -0.234. The van der Waals surface area contributed by atoms with Gasteiger partial charge in [-0.2, -0.15) is 0 Å². The minimum atomic E-state index is -0.741. The molecule has 3 N–H and O–H groups in total. The first kappa shape index (κ1) is 21.4. The molecule has 3 aromatic rings. The van der Waals surface area contributed by atoms with Crippen LogP contribution in [0.15, 0.2) is 60.8 Å². The predicted octanol–water partition coefficient (Wildman–Crippen LogP) is 3.96. The van der Waals surface area contributed by atoms with E-state index in [1.807, 2.05) is 60.8 Å². The van der Waals surface area contributed by atoms with Crippen molar-refractivity contribution >= 4 is 22.9 Å². The molecule has 2 aromatic carbocycles. The summed E-state index contributed by atoms with van der Waals surface area (Å²) >= 11 is 0. The molecule has 0 spiro atoms. The van der Waals surface area contributed by atoms with Gasteiger partial charge in [-0.15, -0.1) is 0 Å². The van der Waals surface area contributed by atoms with Crippen molar-refractivity contribution in [2.24, 2.45) is 0 Å². The molecule has 0 saturated heterocycles. The molecule has 30 heavy (non-hydrogen) atoms. The highest BCUT2D eigenvalue weighted by atomic mass is 16.6. The Kier molecular flexibility index (Phi) is 6.77. The highest BCUT2D eigenvalue weighted by Crippen LogP contribution is 2.19. The zero-order valence-corrected chi connectivity index (χ0v) is 17.7. The summed E-state index contributed by atoms with van der Waals surface area (Å²) < 4.78 is 5.36. The van der Waals surface area contributed by atoms with Crippen LogP contribution in [0.4, 0.5) is 4.79 Å². The number of benzene rings is 2. The summed E-state index contributed by atoms with van der Waals surface area (Å²) in [6.45, 7) is 5.87. The molecule has 6 nitrogen and oxygen atoms in total. The largest absolute Gasteiger partial charge is 0.444 e. The highest BCUT2D eigenvalue weighted by Gasteiger charge is 2.25. The number of nitrogens with one attached hydrogen (secondary N) is 3. The van der Waals surface area contributed by atoms with Crippen molar-refractivity contribution < 1.29 is 14.3 Å². The third-order valence-electron chi connectivity index (χ3n) is 4.66. The fraction of sp³-hybridized carbons (Fsp3) is 0.333. The van der Waals surface area contributed by atoms with Crippen LogP contribution in [0.2, 0.25) is 0 Å². The zero-order chi connectivity index (χ0) is 21.6. The van der Waals surface area contributed by atoms with Crippen LogP contribution >= 0.6 is 0 Å². The number of para-hydroxylation sites is 1. The van der Waals surface area contributed by atoms with Crippen LogP contribution in [0.3, 0.4) is 0 Å². The Hall–Kier alpha value is -3.28. The molecular weight excluding hydrogens is 378 g/mol. The molecule has 1 aromatic heterocycles. The summed E-state index contributed by atoms with van der Waals surface area (Å²) in [7, 11) is 0. The van der Waals surface area contributed by atoms with Crippen LogP contribution in [0.1, 0.15) is 31.9 Å².